The van der Waals surface area contributed by atoms with Crippen molar-refractivity contribution in [1.82, 2.24) is 4.90 Å². The van der Waals surface area contributed by atoms with Crippen LogP contribution in [0.25, 0.3) is 0 Å². The minimum Gasteiger partial charge on any atom is -0.497 e. The van der Waals surface area contributed by atoms with Crippen molar-refractivity contribution in [2.24, 2.45) is 5.92 Å². The van der Waals surface area contributed by atoms with Crippen LogP contribution >= 0.6 is 0 Å². The first kappa shape index (κ1) is 17.8. The first-order valence-corrected chi connectivity index (χ1v) is 8.54. The van der Waals surface area contributed by atoms with Gasteiger partial charge in [-0.1, -0.05) is 29.8 Å². The van der Waals surface area contributed by atoms with E-state index in [-0.39, 0.29) is 18.2 Å². The van der Waals surface area contributed by atoms with Gasteiger partial charge in [-0.2, -0.15) is 0 Å². The molecule has 26 heavy (non-hydrogen) atoms. The molecule has 2 amide bonds. The Morgan fingerprint density at radius 2 is 2.00 bits per heavy atom. The molecule has 0 radical (unpaired) electrons. The van der Waals surface area contributed by atoms with Crippen LogP contribution in [0.15, 0.2) is 42.5 Å². The Bertz CT molecular complexity index is 818. The maximum atomic E-state index is 12.6. The van der Waals surface area contributed by atoms with Gasteiger partial charge >= 0.3 is 0 Å². The van der Waals surface area contributed by atoms with Crippen molar-refractivity contribution < 1.29 is 14.3 Å². The number of ether oxygens (including phenoxy) is 1. The zero-order valence-electron chi connectivity index (χ0n) is 15.0. The summed E-state index contributed by atoms with van der Waals surface area (Å²) in [7, 11) is 1.55. The number of methoxy groups -OCH3 is 1. The Labute approximate surface area is 152 Å². The number of nitrogens with one attached hydrogen (secondary N) is 1. The van der Waals surface area contributed by atoms with Crippen LogP contribution in [0.3, 0.4) is 0 Å². The van der Waals surface area contributed by atoms with E-state index in [1.807, 2.05) is 31.2 Å². The van der Waals surface area contributed by atoms with E-state index in [2.05, 4.69) is 5.32 Å². The number of nitrogens with zero attached hydrogens (tertiary/aromatic N) is 1. The molecule has 0 saturated carbocycles. The van der Waals surface area contributed by atoms with Gasteiger partial charge in [0.25, 0.3) is 0 Å². The number of anilines is 2. The lowest BCUT2D eigenvalue weighted by Gasteiger charge is -2.17. The maximum Gasteiger partial charge on any atom is 0.229 e. The first-order chi connectivity index (χ1) is 12.5. The summed E-state index contributed by atoms with van der Waals surface area (Å²) in [6.07, 6.45) is 0.210. The van der Waals surface area contributed by atoms with Gasteiger partial charge in [0, 0.05) is 25.6 Å². The van der Waals surface area contributed by atoms with E-state index >= 15 is 0 Å². The highest BCUT2D eigenvalue weighted by Crippen LogP contribution is 2.27. The Kier molecular flexibility index (Phi) is 5.11. The Morgan fingerprint density at radius 1 is 1.27 bits per heavy atom. The number of rotatable bonds is 5. The summed E-state index contributed by atoms with van der Waals surface area (Å²) in [6, 6.07) is 13.1. The largest absolute Gasteiger partial charge is 0.497 e. The summed E-state index contributed by atoms with van der Waals surface area (Å²) in [4.78, 5) is 26.6. The molecule has 1 aliphatic rings. The second kappa shape index (κ2) is 7.47. The summed E-state index contributed by atoms with van der Waals surface area (Å²) in [6.45, 7) is 2.95. The van der Waals surface area contributed by atoms with Gasteiger partial charge in [-0.15, -0.1) is 0 Å². The zero-order valence-corrected chi connectivity index (χ0v) is 15.0. The van der Waals surface area contributed by atoms with Crippen LogP contribution in [-0.4, -0.2) is 30.4 Å². The van der Waals surface area contributed by atoms with Crippen molar-refractivity contribution >= 4 is 23.2 Å². The number of nitrogens with two attached hydrogens (primary N) is 1. The van der Waals surface area contributed by atoms with Gasteiger partial charge in [-0.3, -0.25) is 9.59 Å². The molecule has 3 rings (SSSR count). The summed E-state index contributed by atoms with van der Waals surface area (Å²) in [5, 5.41) is 2.82. The number of hydrogen-bond donors (Lipinski definition) is 2. The van der Waals surface area contributed by atoms with Crippen molar-refractivity contribution in [3.63, 3.8) is 0 Å². The van der Waals surface area contributed by atoms with Crippen molar-refractivity contribution in [2.45, 2.75) is 19.9 Å². The van der Waals surface area contributed by atoms with Gasteiger partial charge in [-0.05, 0) is 24.6 Å². The Morgan fingerprint density at radius 3 is 2.69 bits per heavy atom. The number of hydrogen-bond acceptors (Lipinski definition) is 4. The highest BCUT2D eigenvalue weighted by molar-refractivity contribution is 5.99. The third-order valence-corrected chi connectivity index (χ3v) is 4.60. The van der Waals surface area contributed by atoms with Crippen molar-refractivity contribution in [2.75, 3.05) is 24.7 Å². The Hall–Kier alpha value is -3.02. The number of benzene rings is 2. The minimum absolute atomic E-state index is 0.00987. The van der Waals surface area contributed by atoms with Gasteiger partial charge in [0.05, 0.1) is 24.4 Å². The van der Waals surface area contributed by atoms with E-state index in [0.29, 0.717) is 30.2 Å². The lowest BCUT2D eigenvalue weighted by atomic mass is 10.1. The van der Waals surface area contributed by atoms with E-state index in [1.54, 1.807) is 30.2 Å². The van der Waals surface area contributed by atoms with Crippen LogP contribution in [0.4, 0.5) is 11.4 Å². The molecule has 0 aromatic heterocycles. The second-order valence-corrected chi connectivity index (χ2v) is 6.60. The average Bonchev–Trinajstić information content (AvgIpc) is 2.99. The van der Waals surface area contributed by atoms with Gasteiger partial charge in [-0.25, -0.2) is 0 Å². The van der Waals surface area contributed by atoms with Crippen molar-refractivity contribution in [1.29, 1.82) is 0 Å². The molecule has 1 unspecified atom stereocenters. The highest BCUT2D eigenvalue weighted by Gasteiger charge is 2.34. The number of aryl methyl sites for hydroxylation is 1. The molecule has 2 aromatic carbocycles. The number of likely N-dealkylation sites (tertiary alicyclic amines) is 1. The fraction of sp³-hybridized carbons (Fsp3) is 0.300. The van der Waals surface area contributed by atoms with Crippen LogP contribution in [0, 0.1) is 12.8 Å². The molecule has 1 aliphatic heterocycles. The first-order valence-electron chi connectivity index (χ1n) is 8.54. The van der Waals surface area contributed by atoms with Gasteiger partial charge < -0.3 is 20.7 Å². The highest BCUT2D eigenvalue weighted by atomic mass is 16.5. The van der Waals surface area contributed by atoms with E-state index in [1.165, 1.54) is 5.56 Å². The standard InChI is InChI=1S/C20H23N3O3/c1-13-3-5-14(6-4-13)11-23-12-15(9-19(23)24)20(25)22-18-10-16(26-2)7-8-17(18)21/h3-8,10,15H,9,11-12,21H2,1-2H3,(H,22,25). The third-order valence-electron chi connectivity index (χ3n) is 4.60. The number of amides is 2. The third kappa shape index (κ3) is 3.96. The molecular formula is C20H23N3O3. The number of carbonyl (C=O) groups excluding carboxylic acids is 2. The summed E-state index contributed by atoms with van der Waals surface area (Å²) < 4.78 is 5.16. The molecule has 1 saturated heterocycles. The molecule has 0 spiro atoms. The minimum atomic E-state index is -0.390. The van der Waals surface area contributed by atoms with Crippen LogP contribution in [-0.2, 0) is 16.1 Å². The number of nitrogen functional groups attached to an aromatic ring is 1. The van der Waals surface area contributed by atoms with Crippen LogP contribution in [0.5, 0.6) is 5.75 Å². The van der Waals surface area contributed by atoms with Gasteiger partial charge in [0.2, 0.25) is 11.8 Å². The summed E-state index contributed by atoms with van der Waals surface area (Å²) in [5.74, 6) is 0.00518. The van der Waals surface area contributed by atoms with Crippen LogP contribution in [0.1, 0.15) is 17.5 Å². The molecule has 0 bridgehead atoms. The molecule has 0 aliphatic carbocycles. The van der Waals surface area contributed by atoms with Gasteiger partial charge in [0.1, 0.15) is 5.75 Å². The summed E-state index contributed by atoms with van der Waals surface area (Å²) >= 11 is 0. The van der Waals surface area contributed by atoms with E-state index < -0.39 is 5.92 Å². The van der Waals surface area contributed by atoms with E-state index in [4.69, 9.17) is 10.5 Å². The molecule has 2 aromatic rings. The average molecular weight is 353 g/mol. The van der Waals surface area contributed by atoms with Crippen LogP contribution < -0.4 is 15.8 Å². The zero-order chi connectivity index (χ0) is 18.7. The molecular weight excluding hydrogens is 330 g/mol. The van der Waals surface area contributed by atoms with E-state index in [0.717, 1.165) is 5.56 Å². The lowest BCUT2D eigenvalue weighted by Crippen LogP contribution is -2.28. The number of carbonyl (C=O) groups is 2. The molecule has 1 fully saturated rings. The molecule has 6 heteroatoms. The van der Waals surface area contributed by atoms with Gasteiger partial charge in [0.15, 0.2) is 0 Å². The monoisotopic (exact) mass is 353 g/mol. The van der Waals surface area contributed by atoms with Crippen molar-refractivity contribution in [3.05, 3.63) is 53.6 Å². The second-order valence-electron chi connectivity index (χ2n) is 6.60. The quantitative estimate of drug-likeness (QED) is 0.809. The fourth-order valence-electron chi connectivity index (χ4n) is 3.02. The SMILES string of the molecule is COc1ccc(N)c(NC(=O)C2CC(=O)N(Cc3ccc(C)cc3)C2)c1. The summed E-state index contributed by atoms with van der Waals surface area (Å²) in [5.41, 5.74) is 9.10. The molecule has 1 atom stereocenters. The molecule has 136 valence electrons. The predicted octanol–water partition coefficient (Wildman–Crippen LogP) is 2.57. The smallest absolute Gasteiger partial charge is 0.229 e. The van der Waals surface area contributed by atoms with Crippen LogP contribution in [0.2, 0.25) is 0 Å². The molecule has 3 N–H and O–H groups in total. The fourth-order valence-corrected chi connectivity index (χ4v) is 3.02. The van der Waals surface area contributed by atoms with Crippen molar-refractivity contribution in [3.8, 4) is 5.75 Å². The molecule has 6 nitrogen and oxygen atoms in total. The normalized spacial score (nSPS) is 16.6. The lowest BCUT2D eigenvalue weighted by molar-refractivity contribution is -0.128. The topological polar surface area (TPSA) is 84.7 Å². The maximum absolute atomic E-state index is 12.6. The Balaban J connectivity index is 1.64. The van der Waals surface area contributed by atoms with E-state index in [9.17, 15) is 9.59 Å². The predicted molar refractivity (Wildman–Crippen MR) is 101 cm³/mol. The molecule has 1 heterocycles.